The fourth-order valence-electron chi connectivity index (χ4n) is 3.68. The van der Waals surface area contributed by atoms with Crippen molar-refractivity contribution >= 4 is 17.2 Å². The van der Waals surface area contributed by atoms with Crippen LogP contribution in [-0.4, -0.2) is 47.1 Å². The van der Waals surface area contributed by atoms with E-state index in [1.165, 1.54) is 22.5 Å². The molecular weight excluding hydrogens is 622 g/mol. The van der Waals surface area contributed by atoms with E-state index in [-0.39, 0.29) is 48.0 Å². The summed E-state index contributed by atoms with van der Waals surface area (Å²) >= 11 is 0. The molecule has 0 radical (unpaired) electrons. The number of nitrogens with zero attached hydrogens (tertiary/aromatic N) is 2. The molecule has 32 heavy (non-hydrogen) atoms. The maximum atomic E-state index is 12.4. The van der Waals surface area contributed by atoms with Gasteiger partial charge in [0, 0.05) is 12.8 Å². The van der Waals surface area contributed by atoms with Crippen molar-refractivity contribution in [1.29, 1.82) is 0 Å². The van der Waals surface area contributed by atoms with E-state index in [1.807, 2.05) is 12.2 Å². The van der Waals surface area contributed by atoms with Crippen molar-refractivity contribution in [2.24, 2.45) is 0 Å². The lowest BCUT2D eigenvalue weighted by Crippen LogP contribution is -3.00. The Morgan fingerprint density at radius 1 is 0.688 bits per heavy atom. The number of carbonyl (C=O) groups excluding carboxylic acids is 1. The van der Waals surface area contributed by atoms with Gasteiger partial charge in [-0.15, -0.1) is 0 Å². The zero-order valence-electron chi connectivity index (χ0n) is 20.0. The predicted molar refractivity (Wildman–Crippen MR) is 132 cm³/mol. The number of quaternary nitrogens is 2. The van der Waals surface area contributed by atoms with Crippen LogP contribution in [0.5, 0.6) is 0 Å². The molecule has 0 aliphatic carbocycles. The van der Waals surface area contributed by atoms with E-state index in [0.717, 1.165) is 34.9 Å². The monoisotopic (exact) mass is 660 g/mol. The maximum Gasteiger partial charge on any atom is 0.133 e. The molecule has 0 spiro atoms. The van der Waals surface area contributed by atoms with Gasteiger partial charge in [0.1, 0.15) is 30.2 Å². The molecule has 0 aliphatic rings. The molecule has 0 aromatic heterocycles. The quantitative estimate of drug-likeness (QED) is 0.168. The number of rotatable bonds is 12. The highest BCUT2D eigenvalue weighted by Crippen LogP contribution is 2.21. The van der Waals surface area contributed by atoms with Gasteiger partial charge in [0.15, 0.2) is 0 Å². The van der Waals surface area contributed by atoms with Crippen LogP contribution in [0.4, 0.5) is 11.4 Å². The van der Waals surface area contributed by atoms with Gasteiger partial charge < -0.3 is 48.0 Å². The van der Waals surface area contributed by atoms with E-state index in [9.17, 15) is 4.79 Å². The van der Waals surface area contributed by atoms with Gasteiger partial charge in [0.2, 0.25) is 0 Å². The minimum Gasteiger partial charge on any atom is -1.00 e. The van der Waals surface area contributed by atoms with Gasteiger partial charge in [-0.05, 0) is 60.4 Å². The average molecular weight is 660 g/mol. The Morgan fingerprint density at radius 3 is 1.28 bits per heavy atom. The summed E-state index contributed by atoms with van der Waals surface area (Å²) in [6, 6.07) is 17.2. The van der Waals surface area contributed by atoms with Crippen LogP contribution in [0.2, 0.25) is 0 Å². The summed E-state index contributed by atoms with van der Waals surface area (Å²) in [5.41, 5.74) is 4.95. The van der Waals surface area contributed by atoms with Crippen LogP contribution in [0.15, 0.2) is 73.8 Å². The zero-order valence-corrected chi connectivity index (χ0v) is 24.3. The minimum atomic E-state index is 0. The topological polar surface area (TPSA) is 17.1 Å². The highest BCUT2D eigenvalue weighted by Gasteiger charge is 2.17. The van der Waals surface area contributed by atoms with Gasteiger partial charge in [0.05, 0.1) is 28.2 Å². The summed E-state index contributed by atoms with van der Waals surface area (Å²) < 4.78 is 1.57. The normalized spacial score (nSPS) is 11.1. The molecule has 0 amide bonds. The number of ketones is 1. The van der Waals surface area contributed by atoms with Crippen molar-refractivity contribution in [3.8, 4) is 0 Å². The van der Waals surface area contributed by atoms with Crippen LogP contribution in [0.25, 0.3) is 0 Å². The van der Waals surface area contributed by atoms with Crippen LogP contribution >= 0.6 is 0 Å². The van der Waals surface area contributed by atoms with Gasteiger partial charge in [0.25, 0.3) is 0 Å². The zero-order chi connectivity index (χ0) is 22.2. The molecule has 0 fully saturated rings. The van der Waals surface area contributed by atoms with Gasteiger partial charge in [-0.1, -0.05) is 37.4 Å². The Labute approximate surface area is 229 Å². The molecule has 0 unspecified atom stereocenters. The van der Waals surface area contributed by atoms with Crippen molar-refractivity contribution in [2.45, 2.75) is 25.7 Å². The molecule has 0 aliphatic heterocycles. The number of hydrogen-bond donors (Lipinski definition) is 0. The number of likely N-dealkylation sites (N-methyl/N-ethyl adjacent to an activating group) is 2. The largest absolute Gasteiger partial charge is 1.00 e. The number of hydrogen-bond acceptors (Lipinski definition) is 1. The first-order chi connectivity index (χ1) is 14.2. The fourth-order valence-corrected chi connectivity index (χ4v) is 3.68. The highest BCUT2D eigenvalue weighted by molar-refractivity contribution is 5.78. The second-order valence-corrected chi connectivity index (χ2v) is 9.18. The third-order valence-electron chi connectivity index (χ3n) is 5.83. The summed E-state index contributed by atoms with van der Waals surface area (Å²) in [7, 11) is 8.69. The second-order valence-electron chi connectivity index (χ2n) is 9.18. The van der Waals surface area contributed by atoms with E-state index in [1.54, 1.807) is 0 Å². The molecule has 2 aromatic rings. The summed E-state index contributed by atoms with van der Waals surface area (Å²) in [5.74, 6) is 0.327. The summed E-state index contributed by atoms with van der Waals surface area (Å²) in [6.45, 7) is 9.47. The Kier molecular flexibility index (Phi) is 13.8. The van der Waals surface area contributed by atoms with Gasteiger partial charge in [-0.25, -0.2) is 0 Å². The Morgan fingerprint density at radius 2 is 1.00 bits per heavy atom. The van der Waals surface area contributed by atoms with Crippen molar-refractivity contribution in [3.63, 3.8) is 0 Å². The smallest absolute Gasteiger partial charge is 0.133 e. The lowest BCUT2D eigenvalue weighted by Gasteiger charge is -2.28. The fraction of sp³-hybridized carbons (Fsp3) is 0.370. The summed E-state index contributed by atoms with van der Waals surface area (Å²) in [5, 5.41) is 0. The van der Waals surface area contributed by atoms with Gasteiger partial charge in [-0.2, -0.15) is 0 Å². The van der Waals surface area contributed by atoms with Crippen LogP contribution in [0, 0.1) is 0 Å². The van der Waals surface area contributed by atoms with Crippen molar-refractivity contribution < 1.29 is 52.7 Å². The second kappa shape index (κ2) is 14.3. The summed E-state index contributed by atoms with van der Waals surface area (Å²) in [6.07, 6.45) is 6.71. The van der Waals surface area contributed by atoms with Crippen LogP contribution < -0.4 is 56.9 Å². The summed E-state index contributed by atoms with van der Waals surface area (Å²) in [4.78, 5) is 12.4. The molecule has 0 saturated heterocycles. The van der Waals surface area contributed by atoms with Crippen molar-refractivity contribution in [1.82, 2.24) is 8.97 Å². The number of halogens is 2. The molecule has 0 N–H and O–H groups in total. The molecule has 0 atom stereocenters. The lowest BCUT2D eigenvalue weighted by atomic mass is 10.0. The molecule has 2 aromatic carbocycles. The Balaban J connectivity index is 0.00000480. The first kappa shape index (κ1) is 31.0. The predicted octanol–water partition coefficient (Wildman–Crippen LogP) is -0.665. The standard InChI is InChI=1S/C27H38N2O.2HI/c1-7-21-28(3,4)25-15-9-23(10-16-25)13-19-27(30)20-14-24-11-17-26(18-12-24)29(5,6)22-8-2;;/h7-12,15-18H,1-2,13-14,19-22H2,3-6H3;2*1H/q+2;;/p-2. The molecule has 2 rings (SSSR count). The lowest BCUT2D eigenvalue weighted by molar-refractivity contribution is -0.119. The third-order valence-corrected chi connectivity index (χ3v) is 5.83. The first-order valence-corrected chi connectivity index (χ1v) is 10.8. The Bertz CT molecular complexity index is 785. The van der Waals surface area contributed by atoms with Crippen LogP contribution in [-0.2, 0) is 17.6 Å². The minimum absolute atomic E-state index is 0. The van der Waals surface area contributed by atoms with E-state index < -0.39 is 0 Å². The maximum absolute atomic E-state index is 12.4. The average Bonchev–Trinajstić information content (AvgIpc) is 2.71. The first-order valence-electron chi connectivity index (χ1n) is 10.8. The molecule has 0 saturated carbocycles. The van der Waals surface area contributed by atoms with E-state index >= 15 is 0 Å². The number of aryl methyl sites for hydroxylation is 2. The van der Waals surface area contributed by atoms with E-state index in [2.05, 4.69) is 89.9 Å². The molecule has 0 heterocycles. The highest BCUT2D eigenvalue weighted by atomic mass is 127. The number of Topliss-reactive ketones (excluding diaryl/α,β-unsaturated/α-hetero) is 1. The molecule has 0 bridgehead atoms. The number of benzene rings is 2. The van der Waals surface area contributed by atoms with Gasteiger partial charge in [-0.3, -0.25) is 13.8 Å². The van der Waals surface area contributed by atoms with Crippen molar-refractivity contribution in [3.05, 3.63) is 85.0 Å². The van der Waals surface area contributed by atoms with Crippen LogP contribution in [0.3, 0.4) is 0 Å². The molecule has 3 nitrogen and oxygen atoms in total. The molecule has 5 heteroatoms. The number of carbonyl (C=O) groups is 1. The third kappa shape index (κ3) is 9.45. The van der Waals surface area contributed by atoms with E-state index in [0.29, 0.717) is 18.6 Å². The Hall–Kier alpha value is -1.03. The van der Waals surface area contributed by atoms with Crippen LogP contribution in [0.1, 0.15) is 24.0 Å². The SMILES string of the molecule is C=CC[N+](C)(C)c1ccc(CCC(=O)CCc2ccc([N+](C)(C)CC=C)cc2)cc1.[I-].[I-]. The van der Waals surface area contributed by atoms with Crippen molar-refractivity contribution in [2.75, 3.05) is 41.3 Å². The van der Waals surface area contributed by atoms with E-state index in [4.69, 9.17) is 0 Å². The molecule has 176 valence electrons. The van der Waals surface area contributed by atoms with Gasteiger partial charge >= 0.3 is 0 Å². The molecular formula is C27H38I2N2O.